The smallest absolute Gasteiger partial charge is 0.325 e. The van der Waals surface area contributed by atoms with Crippen LogP contribution in [0.3, 0.4) is 0 Å². The minimum atomic E-state index is -0.973. The standard InChI is InChI=1S/C14H22N4O3/c1-9-4-3-5-12(10(9)2)17-14(21)16-11-6-15-18(7-11)8-13(19)20/h6-7,9-10,12H,3-5,8H2,1-2H3,(H,19,20)(H2,16,17,21). The molecule has 0 aromatic carbocycles. The first-order valence-corrected chi connectivity index (χ1v) is 7.27. The molecule has 3 atom stereocenters. The first-order valence-electron chi connectivity index (χ1n) is 7.27. The molecule has 1 fully saturated rings. The minimum Gasteiger partial charge on any atom is -0.480 e. The Kier molecular flexibility index (Phi) is 4.82. The van der Waals surface area contributed by atoms with Crippen molar-refractivity contribution in [2.75, 3.05) is 5.32 Å². The zero-order valence-corrected chi connectivity index (χ0v) is 12.4. The quantitative estimate of drug-likeness (QED) is 0.790. The number of carboxylic acids is 1. The highest BCUT2D eigenvalue weighted by atomic mass is 16.4. The predicted octanol–water partition coefficient (Wildman–Crippen LogP) is 1.91. The summed E-state index contributed by atoms with van der Waals surface area (Å²) in [5.41, 5.74) is 0.491. The van der Waals surface area contributed by atoms with E-state index >= 15 is 0 Å². The lowest BCUT2D eigenvalue weighted by Gasteiger charge is -2.34. The molecule has 1 heterocycles. The summed E-state index contributed by atoms with van der Waals surface area (Å²) in [4.78, 5) is 22.6. The molecule has 21 heavy (non-hydrogen) atoms. The van der Waals surface area contributed by atoms with Crippen LogP contribution in [0.1, 0.15) is 33.1 Å². The number of carbonyl (C=O) groups is 2. The molecule has 0 aliphatic heterocycles. The summed E-state index contributed by atoms with van der Waals surface area (Å²) in [6, 6.07) is -0.0846. The normalized spacial score (nSPS) is 25.3. The Morgan fingerprint density at radius 3 is 2.90 bits per heavy atom. The van der Waals surface area contributed by atoms with Crippen LogP contribution in [0, 0.1) is 11.8 Å². The highest BCUT2D eigenvalue weighted by Gasteiger charge is 2.28. The van der Waals surface area contributed by atoms with Crippen molar-refractivity contribution in [1.82, 2.24) is 15.1 Å². The number of rotatable bonds is 4. The number of aliphatic carboxylic acids is 1. The Morgan fingerprint density at radius 2 is 2.19 bits per heavy atom. The second-order valence-corrected chi connectivity index (χ2v) is 5.79. The zero-order valence-electron chi connectivity index (χ0n) is 12.4. The molecule has 0 radical (unpaired) electrons. The molecule has 2 amide bonds. The maximum absolute atomic E-state index is 12.0. The SMILES string of the molecule is CC1CCCC(NC(=O)Nc2cnn(CC(=O)O)c2)C1C. The molecule has 3 N–H and O–H groups in total. The third-order valence-electron chi connectivity index (χ3n) is 4.21. The maximum Gasteiger partial charge on any atom is 0.325 e. The van der Waals surface area contributed by atoms with E-state index in [4.69, 9.17) is 5.11 Å². The Labute approximate surface area is 123 Å². The number of carboxylic acid groups (broad SMARTS) is 1. The molecule has 7 nitrogen and oxygen atoms in total. The third-order valence-corrected chi connectivity index (χ3v) is 4.21. The van der Waals surface area contributed by atoms with Crippen molar-refractivity contribution in [1.29, 1.82) is 0 Å². The summed E-state index contributed by atoms with van der Waals surface area (Å²) in [7, 11) is 0. The second-order valence-electron chi connectivity index (χ2n) is 5.79. The summed E-state index contributed by atoms with van der Waals surface area (Å²) >= 11 is 0. The lowest BCUT2D eigenvalue weighted by atomic mass is 9.78. The van der Waals surface area contributed by atoms with Crippen molar-refractivity contribution in [2.45, 2.75) is 45.7 Å². The van der Waals surface area contributed by atoms with E-state index in [9.17, 15) is 9.59 Å². The van der Waals surface area contributed by atoms with Gasteiger partial charge < -0.3 is 15.7 Å². The van der Waals surface area contributed by atoms with Crippen molar-refractivity contribution in [2.24, 2.45) is 11.8 Å². The number of aromatic nitrogens is 2. The van der Waals surface area contributed by atoms with Crippen molar-refractivity contribution in [3.8, 4) is 0 Å². The van der Waals surface area contributed by atoms with Gasteiger partial charge in [-0.2, -0.15) is 5.10 Å². The molecule has 3 unspecified atom stereocenters. The van der Waals surface area contributed by atoms with E-state index in [1.807, 2.05) is 0 Å². The molecule has 0 saturated heterocycles. The Bertz CT molecular complexity index is 514. The van der Waals surface area contributed by atoms with Crippen LogP contribution < -0.4 is 10.6 Å². The minimum absolute atomic E-state index is 0.183. The number of carbonyl (C=O) groups excluding carboxylic acids is 1. The van der Waals surface area contributed by atoms with Crippen LogP contribution in [0.15, 0.2) is 12.4 Å². The Morgan fingerprint density at radius 1 is 1.43 bits per heavy atom. The summed E-state index contributed by atoms with van der Waals surface area (Å²) in [5.74, 6) is 0.0979. The van der Waals surface area contributed by atoms with Gasteiger partial charge in [0, 0.05) is 12.2 Å². The van der Waals surface area contributed by atoms with Crippen LogP contribution in [0.2, 0.25) is 0 Å². The number of anilines is 1. The maximum atomic E-state index is 12.0. The largest absolute Gasteiger partial charge is 0.480 e. The van der Waals surface area contributed by atoms with Crippen LogP contribution in [0.5, 0.6) is 0 Å². The van der Waals surface area contributed by atoms with Crippen molar-refractivity contribution < 1.29 is 14.7 Å². The molecule has 7 heteroatoms. The van der Waals surface area contributed by atoms with E-state index in [1.54, 1.807) is 0 Å². The van der Waals surface area contributed by atoms with Gasteiger partial charge in [0.15, 0.2) is 0 Å². The van der Waals surface area contributed by atoms with E-state index in [0.717, 1.165) is 12.8 Å². The van der Waals surface area contributed by atoms with Crippen LogP contribution in [-0.2, 0) is 11.3 Å². The number of hydrogen-bond donors (Lipinski definition) is 3. The van der Waals surface area contributed by atoms with Crippen molar-refractivity contribution in [3.05, 3.63) is 12.4 Å². The third kappa shape index (κ3) is 4.21. The van der Waals surface area contributed by atoms with Crippen LogP contribution >= 0.6 is 0 Å². The molecule has 2 rings (SSSR count). The molecule has 1 aliphatic rings. The highest BCUT2D eigenvalue weighted by Crippen LogP contribution is 2.29. The zero-order chi connectivity index (χ0) is 15.4. The fourth-order valence-electron chi connectivity index (χ4n) is 2.77. The van der Waals surface area contributed by atoms with Gasteiger partial charge in [-0.1, -0.05) is 26.7 Å². The molecule has 1 saturated carbocycles. The van der Waals surface area contributed by atoms with Gasteiger partial charge in [0.05, 0.1) is 11.9 Å². The second kappa shape index (κ2) is 6.60. The van der Waals surface area contributed by atoms with Gasteiger partial charge in [-0.05, 0) is 18.3 Å². The molecular formula is C14H22N4O3. The first-order chi connectivity index (χ1) is 9.95. The monoisotopic (exact) mass is 294 g/mol. The first kappa shape index (κ1) is 15.3. The van der Waals surface area contributed by atoms with Crippen LogP contribution in [0.4, 0.5) is 10.5 Å². The Hall–Kier alpha value is -2.05. The van der Waals surface area contributed by atoms with Gasteiger partial charge in [0.1, 0.15) is 6.54 Å². The van der Waals surface area contributed by atoms with E-state index in [1.165, 1.54) is 23.5 Å². The number of nitrogens with zero attached hydrogens (tertiary/aromatic N) is 2. The van der Waals surface area contributed by atoms with Gasteiger partial charge in [0.25, 0.3) is 0 Å². The van der Waals surface area contributed by atoms with E-state index < -0.39 is 5.97 Å². The van der Waals surface area contributed by atoms with Crippen LogP contribution in [0.25, 0.3) is 0 Å². The summed E-state index contributed by atoms with van der Waals surface area (Å²) in [5, 5.41) is 18.2. The number of urea groups is 1. The van der Waals surface area contributed by atoms with Gasteiger partial charge in [-0.25, -0.2) is 4.79 Å². The number of amides is 2. The molecule has 1 aromatic rings. The molecule has 1 aliphatic carbocycles. The molecule has 0 spiro atoms. The average Bonchev–Trinajstić information content (AvgIpc) is 2.81. The molecule has 1 aromatic heterocycles. The molecule has 116 valence electrons. The molecular weight excluding hydrogens is 272 g/mol. The van der Waals surface area contributed by atoms with E-state index in [2.05, 4.69) is 29.6 Å². The van der Waals surface area contributed by atoms with Crippen LogP contribution in [-0.4, -0.2) is 32.9 Å². The van der Waals surface area contributed by atoms with Crippen molar-refractivity contribution in [3.63, 3.8) is 0 Å². The Balaban J connectivity index is 1.86. The lowest BCUT2D eigenvalue weighted by Crippen LogP contribution is -2.45. The van der Waals surface area contributed by atoms with Gasteiger partial charge in [-0.15, -0.1) is 0 Å². The summed E-state index contributed by atoms with van der Waals surface area (Å²) in [6.07, 6.45) is 6.28. The summed E-state index contributed by atoms with van der Waals surface area (Å²) in [6.45, 7) is 4.16. The molecule has 0 bridgehead atoms. The van der Waals surface area contributed by atoms with Crippen molar-refractivity contribution >= 4 is 17.7 Å². The summed E-state index contributed by atoms with van der Waals surface area (Å²) < 4.78 is 1.27. The fraction of sp³-hybridized carbons (Fsp3) is 0.643. The average molecular weight is 294 g/mol. The fourth-order valence-corrected chi connectivity index (χ4v) is 2.77. The highest BCUT2D eigenvalue weighted by molar-refractivity contribution is 5.89. The van der Waals surface area contributed by atoms with Gasteiger partial charge in [-0.3, -0.25) is 9.48 Å². The van der Waals surface area contributed by atoms with E-state index in [-0.39, 0.29) is 18.6 Å². The lowest BCUT2D eigenvalue weighted by molar-refractivity contribution is -0.137. The predicted molar refractivity (Wildman–Crippen MR) is 78.0 cm³/mol. The van der Waals surface area contributed by atoms with Gasteiger partial charge in [0.2, 0.25) is 0 Å². The van der Waals surface area contributed by atoms with Gasteiger partial charge >= 0.3 is 12.0 Å². The van der Waals surface area contributed by atoms with E-state index in [0.29, 0.717) is 17.5 Å². The number of nitrogens with one attached hydrogen (secondary N) is 2. The number of hydrogen-bond acceptors (Lipinski definition) is 3. The topological polar surface area (TPSA) is 96.3 Å².